The van der Waals surface area contributed by atoms with Crippen LogP contribution in [0.5, 0.6) is 5.75 Å². The summed E-state index contributed by atoms with van der Waals surface area (Å²) in [6.07, 6.45) is 0.922. The predicted octanol–water partition coefficient (Wildman–Crippen LogP) is 4.17. The minimum absolute atomic E-state index is 0.686. The Balaban J connectivity index is 1.63. The molecule has 102 valence electrons. The van der Waals surface area contributed by atoms with Gasteiger partial charge in [-0.2, -0.15) is 0 Å². The van der Waals surface area contributed by atoms with Gasteiger partial charge in [0.2, 0.25) is 0 Å². The van der Waals surface area contributed by atoms with Crippen molar-refractivity contribution in [2.45, 2.75) is 13.0 Å². The number of nitrogens with zero attached hydrogens (tertiary/aromatic N) is 1. The zero-order chi connectivity index (χ0) is 13.8. The number of fused-ring (bicyclic) bond motifs is 1. The van der Waals surface area contributed by atoms with Gasteiger partial charge in [0.05, 0.1) is 17.6 Å². The number of imidazole rings is 1. The van der Waals surface area contributed by atoms with Gasteiger partial charge in [-0.15, -0.1) is 0 Å². The summed E-state index contributed by atoms with van der Waals surface area (Å²) >= 11 is 5.36. The van der Waals surface area contributed by atoms with Crippen molar-refractivity contribution >= 4 is 23.3 Å². The highest BCUT2D eigenvalue weighted by atomic mass is 32.1. The second-order valence-corrected chi connectivity index (χ2v) is 5.00. The molecule has 0 aliphatic rings. The minimum atomic E-state index is 0.686. The van der Waals surface area contributed by atoms with Crippen molar-refractivity contribution in [1.29, 1.82) is 0 Å². The molecular formula is C16H16N2OS. The van der Waals surface area contributed by atoms with Crippen LogP contribution in [-0.2, 0) is 6.54 Å². The molecular weight excluding hydrogens is 268 g/mol. The lowest BCUT2D eigenvalue weighted by Gasteiger charge is -2.07. The monoisotopic (exact) mass is 284 g/mol. The number of ether oxygens (including phenoxy) is 1. The number of benzene rings is 2. The largest absolute Gasteiger partial charge is 0.494 e. The summed E-state index contributed by atoms with van der Waals surface area (Å²) in [7, 11) is 0. The summed E-state index contributed by atoms with van der Waals surface area (Å²) in [5.74, 6) is 0.912. The van der Waals surface area contributed by atoms with Crippen molar-refractivity contribution in [3.05, 3.63) is 59.4 Å². The molecule has 3 aromatic rings. The third-order valence-corrected chi connectivity index (χ3v) is 3.54. The molecule has 0 unspecified atom stereocenters. The molecule has 0 amide bonds. The Morgan fingerprint density at radius 3 is 2.60 bits per heavy atom. The van der Waals surface area contributed by atoms with E-state index < -0.39 is 0 Å². The quantitative estimate of drug-likeness (QED) is 0.563. The van der Waals surface area contributed by atoms with Crippen LogP contribution in [0, 0.1) is 4.77 Å². The lowest BCUT2D eigenvalue weighted by atomic mass is 10.3. The molecule has 0 aliphatic heterocycles. The second-order valence-electron chi connectivity index (χ2n) is 4.61. The summed E-state index contributed by atoms with van der Waals surface area (Å²) in [4.78, 5) is 3.22. The summed E-state index contributed by atoms with van der Waals surface area (Å²) in [6.45, 7) is 1.54. The van der Waals surface area contributed by atoms with Crippen molar-refractivity contribution in [3.63, 3.8) is 0 Å². The van der Waals surface area contributed by atoms with E-state index in [1.54, 1.807) is 0 Å². The van der Waals surface area contributed by atoms with Gasteiger partial charge < -0.3 is 14.3 Å². The number of hydrogen-bond acceptors (Lipinski definition) is 2. The first-order valence-corrected chi connectivity index (χ1v) is 7.11. The van der Waals surface area contributed by atoms with Gasteiger partial charge in [-0.3, -0.25) is 0 Å². The van der Waals surface area contributed by atoms with Gasteiger partial charge in [-0.1, -0.05) is 30.3 Å². The van der Waals surface area contributed by atoms with Crippen LogP contribution in [0.25, 0.3) is 11.0 Å². The molecule has 0 fully saturated rings. The molecule has 0 aliphatic carbocycles. The zero-order valence-corrected chi connectivity index (χ0v) is 11.9. The summed E-state index contributed by atoms with van der Waals surface area (Å²) < 4.78 is 8.59. The van der Waals surface area contributed by atoms with Crippen molar-refractivity contribution < 1.29 is 4.74 Å². The predicted molar refractivity (Wildman–Crippen MR) is 83.7 cm³/mol. The van der Waals surface area contributed by atoms with Gasteiger partial charge in [0.25, 0.3) is 0 Å². The Morgan fingerprint density at radius 1 is 1.00 bits per heavy atom. The number of para-hydroxylation sites is 3. The fourth-order valence-corrected chi connectivity index (χ4v) is 2.56. The molecule has 3 nitrogen and oxygen atoms in total. The van der Waals surface area contributed by atoms with Crippen LogP contribution in [-0.4, -0.2) is 16.2 Å². The highest BCUT2D eigenvalue weighted by Gasteiger charge is 2.03. The van der Waals surface area contributed by atoms with Gasteiger partial charge >= 0.3 is 0 Å². The fraction of sp³-hybridized carbons (Fsp3) is 0.188. The Kier molecular flexibility index (Phi) is 3.83. The first-order chi connectivity index (χ1) is 9.84. The molecule has 0 spiro atoms. The minimum Gasteiger partial charge on any atom is -0.494 e. The number of H-pyrrole nitrogens is 1. The molecule has 0 atom stereocenters. The van der Waals surface area contributed by atoms with Gasteiger partial charge in [-0.05, 0) is 42.9 Å². The van der Waals surface area contributed by atoms with Crippen LogP contribution in [0.1, 0.15) is 6.42 Å². The Labute approximate surface area is 122 Å². The van der Waals surface area contributed by atoms with Gasteiger partial charge in [0.15, 0.2) is 4.77 Å². The molecule has 0 saturated carbocycles. The fourth-order valence-electron chi connectivity index (χ4n) is 2.26. The van der Waals surface area contributed by atoms with E-state index in [1.807, 2.05) is 48.5 Å². The molecule has 1 heterocycles. The molecule has 0 bridgehead atoms. The van der Waals surface area contributed by atoms with E-state index in [9.17, 15) is 0 Å². The van der Waals surface area contributed by atoms with Crippen molar-refractivity contribution in [2.24, 2.45) is 0 Å². The summed E-state index contributed by atoms with van der Waals surface area (Å²) in [5, 5.41) is 0. The molecule has 20 heavy (non-hydrogen) atoms. The first-order valence-electron chi connectivity index (χ1n) is 6.70. The normalized spacial score (nSPS) is 10.8. The average Bonchev–Trinajstić information content (AvgIpc) is 2.80. The van der Waals surface area contributed by atoms with Crippen molar-refractivity contribution in [3.8, 4) is 5.75 Å². The summed E-state index contributed by atoms with van der Waals surface area (Å²) in [5.41, 5.74) is 2.23. The van der Waals surface area contributed by atoms with E-state index in [0.29, 0.717) is 6.61 Å². The third kappa shape index (κ3) is 2.75. The number of nitrogens with one attached hydrogen (secondary N) is 1. The lowest BCUT2D eigenvalue weighted by Crippen LogP contribution is -2.04. The van der Waals surface area contributed by atoms with E-state index >= 15 is 0 Å². The molecule has 3 rings (SSSR count). The van der Waals surface area contributed by atoms with Crippen LogP contribution >= 0.6 is 12.2 Å². The zero-order valence-electron chi connectivity index (χ0n) is 11.1. The second kappa shape index (κ2) is 5.92. The Morgan fingerprint density at radius 2 is 1.75 bits per heavy atom. The van der Waals surface area contributed by atoms with E-state index in [0.717, 1.165) is 34.5 Å². The molecule has 1 N–H and O–H groups in total. The lowest BCUT2D eigenvalue weighted by molar-refractivity contribution is 0.302. The van der Waals surface area contributed by atoms with Crippen molar-refractivity contribution in [1.82, 2.24) is 9.55 Å². The topological polar surface area (TPSA) is 29.9 Å². The maximum Gasteiger partial charge on any atom is 0.178 e. The standard InChI is InChI=1S/C16H16N2OS/c20-16-17-14-9-4-5-10-15(14)18(16)11-6-12-19-13-7-2-1-3-8-13/h1-5,7-10H,6,11-12H2,(H,17,20). The van der Waals surface area contributed by atoms with E-state index in [1.165, 1.54) is 0 Å². The molecule has 0 radical (unpaired) electrons. The molecule has 0 saturated heterocycles. The molecule has 1 aromatic heterocycles. The highest BCUT2D eigenvalue weighted by molar-refractivity contribution is 7.71. The number of aryl methyl sites for hydroxylation is 1. The summed E-state index contributed by atoms with van der Waals surface area (Å²) in [6, 6.07) is 18.0. The van der Waals surface area contributed by atoms with Crippen LogP contribution in [0.2, 0.25) is 0 Å². The van der Waals surface area contributed by atoms with E-state index in [4.69, 9.17) is 17.0 Å². The van der Waals surface area contributed by atoms with Crippen LogP contribution in [0.4, 0.5) is 0 Å². The molecule has 4 heteroatoms. The van der Waals surface area contributed by atoms with Crippen LogP contribution in [0.3, 0.4) is 0 Å². The maximum atomic E-state index is 5.70. The van der Waals surface area contributed by atoms with Crippen molar-refractivity contribution in [2.75, 3.05) is 6.61 Å². The van der Waals surface area contributed by atoms with Gasteiger partial charge in [0, 0.05) is 6.54 Å². The number of aromatic nitrogens is 2. The average molecular weight is 284 g/mol. The first kappa shape index (κ1) is 12.9. The van der Waals surface area contributed by atoms with E-state index in [-0.39, 0.29) is 0 Å². The molecule has 2 aromatic carbocycles. The Bertz CT molecular complexity index is 746. The van der Waals surface area contributed by atoms with Gasteiger partial charge in [-0.25, -0.2) is 0 Å². The number of hydrogen-bond donors (Lipinski definition) is 1. The van der Waals surface area contributed by atoms with Crippen LogP contribution < -0.4 is 4.74 Å². The van der Waals surface area contributed by atoms with Gasteiger partial charge in [0.1, 0.15) is 5.75 Å². The Hall–Kier alpha value is -2.07. The highest BCUT2D eigenvalue weighted by Crippen LogP contribution is 2.14. The number of rotatable bonds is 5. The van der Waals surface area contributed by atoms with Crippen LogP contribution in [0.15, 0.2) is 54.6 Å². The smallest absolute Gasteiger partial charge is 0.178 e. The SMILES string of the molecule is S=c1[nH]c2ccccc2n1CCCOc1ccccc1. The maximum absolute atomic E-state index is 5.70. The number of aromatic amines is 1. The van der Waals surface area contributed by atoms with E-state index in [2.05, 4.69) is 15.6 Å². The third-order valence-electron chi connectivity index (χ3n) is 3.22.